The van der Waals surface area contributed by atoms with Gasteiger partial charge in [-0.05, 0) is 31.0 Å². The van der Waals surface area contributed by atoms with Crippen LogP contribution in [0.15, 0.2) is 18.2 Å². The molecule has 3 nitrogen and oxygen atoms in total. The Labute approximate surface area is 111 Å². The van der Waals surface area contributed by atoms with E-state index < -0.39 is 5.82 Å². The molecule has 2 atom stereocenters. The molecule has 2 rings (SSSR count). The van der Waals surface area contributed by atoms with Crippen LogP contribution in [0.25, 0.3) is 0 Å². The van der Waals surface area contributed by atoms with Gasteiger partial charge in [-0.3, -0.25) is 4.79 Å². The van der Waals surface area contributed by atoms with Gasteiger partial charge in [0, 0.05) is 6.04 Å². The van der Waals surface area contributed by atoms with E-state index in [9.17, 15) is 9.18 Å². The van der Waals surface area contributed by atoms with E-state index in [4.69, 9.17) is 17.3 Å². The molecule has 2 unspecified atom stereocenters. The van der Waals surface area contributed by atoms with Crippen LogP contribution in [0.2, 0.25) is 5.02 Å². The monoisotopic (exact) mass is 270 g/mol. The van der Waals surface area contributed by atoms with Gasteiger partial charge in [-0.25, -0.2) is 4.39 Å². The quantitative estimate of drug-likeness (QED) is 0.868. The molecule has 0 bridgehead atoms. The van der Waals surface area contributed by atoms with E-state index in [-0.39, 0.29) is 22.9 Å². The van der Waals surface area contributed by atoms with E-state index in [2.05, 4.69) is 5.32 Å². The highest BCUT2D eigenvalue weighted by atomic mass is 35.5. The molecule has 0 aliphatic heterocycles. The molecular weight excluding hydrogens is 255 g/mol. The van der Waals surface area contributed by atoms with Crippen LogP contribution in [0.5, 0.6) is 0 Å². The average molecular weight is 271 g/mol. The van der Waals surface area contributed by atoms with Crippen molar-refractivity contribution >= 4 is 23.2 Å². The van der Waals surface area contributed by atoms with Gasteiger partial charge in [0.05, 0.1) is 16.6 Å². The van der Waals surface area contributed by atoms with E-state index in [0.717, 1.165) is 25.7 Å². The third kappa shape index (κ3) is 3.00. The molecule has 0 aromatic heterocycles. The zero-order valence-corrected chi connectivity index (χ0v) is 10.7. The second-order valence-electron chi connectivity index (χ2n) is 4.67. The van der Waals surface area contributed by atoms with Gasteiger partial charge in [-0.1, -0.05) is 24.4 Å². The highest BCUT2D eigenvalue weighted by Gasteiger charge is 2.28. The highest BCUT2D eigenvalue weighted by Crippen LogP contribution is 2.27. The van der Waals surface area contributed by atoms with Crippen molar-refractivity contribution in [2.75, 3.05) is 5.32 Å². The van der Waals surface area contributed by atoms with Crippen molar-refractivity contribution in [3.8, 4) is 0 Å². The zero-order valence-electron chi connectivity index (χ0n) is 9.96. The molecule has 0 saturated heterocycles. The molecule has 1 amide bonds. The molecule has 0 radical (unpaired) electrons. The fourth-order valence-corrected chi connectivity index (χ4v) is 2.52. The van der Waals surface area contributed by atoms with E-state index in [0.29, 0.717) is 5.69 Å². The Kier molecular flexibility index (Phi) is 4.19. The Morgan fingerprint density at radius 2 is 2.11 bits per heavy atom. The van der Waals surface area contributed by atoms with Crippen LogP contribution in [0, 0.1) is 11.7 Å². The predicted molar refractivity (Wildman–Crippen MR) is 70.0 cm³/mol. The van der Waals surface area contributed by atoms with Crippen molar-refractivity contribution in [3.05, 3.63) is 29.0 Å². The molecule has 0 heterocycles. The number of carbonyl (C=O) groups is 1. The van der Waals surface area contributed by atoms with E-state index >= 15 is 0 Å². The molecule has 3 N–H and O–H groups in total. The molecule has 1 aromatic rings. The molecule has 1 aromatic carbocycles. The Morgan fingerprint density at radius 1 is 1.39 bits per heavy atom. The number of hydrogen-bond acceptors (Lipinski definition) is 2. The number of nitrogens with two attached hydrogens (primary N) is 1. The topological polar surface area (TPSA) is 55.1 Å². The Balaban J connectivity index is 2.06. The molecule has 1 saturated carbocycles. The van der Waals surface area contributed by atoms with Crippen LogP contribution in [0.4, 0.5) is 10.1 Å². The predicted octanol–water partition coefficient (Wildman–Crippen LogP) is 2.94. The van der Waals surface area contributed by atoms with Gasteiger partial charge in [-0.2, -0.15) is 0 Å². The number of anilines is 1. The molecule has 1 aliphatic rings. The third-order valence-electron chi connectivity index (χ3n) is 3.35. The summed E-state index contributed by atoms with van der Waals surface area (Å²) in [5, 5.41) is 2.92. The Morgan fingerprint density at radius 3 is 2.78 bits per heavy atom. The maximum atomic E-state index is 12.9. The lowest BCUT2D eigenvalue weighted by atomic mass is 9.84. The summed E-state index contributed by atoms with van der Waals surface area (Å²) in [6.45, 7) is 0. The van der Waals surface area contributed by atoms with Crippen molar-refractivity contribution in [3.63, 3.8) is 0 Å². The first-order chi connectivity index (χ1) is 8.58. The summed E-state index contributed by atoms with van der Waals surface area (Å²) in [4.78, 5) is 12.1. The second-order valence-corrected chi connectivity index (χ2v) is 5.08. The Hall–Kier alpha value is -1.13. The van der Waals surface area contributed by atoms with Gasteiger partial charge in [0.2, 0.25) is 5.91 Å². The SMILES string of the molecule is NC1CCCCC1C(=O)Nc1ccc(F)cc1Cl. The third-order valence-corrected chi connectivity index (χ3v) is 3.66. The maximum absolute atomic E-state index is 12.9. The van der Waals surface area contributed by atoms with Gasteiger partial charge < -0.3 is 11.1 Å². The number of hydrogen-bond donors (Lipinski definition) is 2. The summed E-state index contributed by atoms with van der Waals surface area (Å²) in [6, 6.07) is 3.81. The van der Waals surface area contributed by atoms with Crippen molar-refractivity contribution in [1.82, 2.24) is 0 Å². The molecule has 18 heavy (non-hydrogen) atoms. The van der Waals surface area contributed by atoms with Gasteiger partial charge in [-0.15, -0.1) is 0 Å². The molecule has 5 heteroatoms. The first-order valence-electron chi connectivity index (χ1n) is 6.09. The minimum absolute atomic E-state index is 0.0991. The lowest BCUT2D eigenvalue weighted by molar-refractivity contribution is -0.121. The minimum Gasteiger partial charge on any atom is -0.327 e. The van der Waals surface area contributed by atoms with Crippen LogP contribution >= 0.6 is 11.6 Å². The fraction of sp³-hybridized carbons (Fsp3) is 0.462. The lowest BCUT2D eigenvalue weighted by Gasteiger charge is -2.27. The number of rotatable bonds is 2. The Bertz CT molecular complexity index is 453. The smallest absolute Gasteiger partial charge is 0.229 e. The first kappa shape index (κ1) is 13.3. The van der Waals surface area contributed by atoms with Gasteiger partial charge in [0.15, 0.2) is 0 Å². The summed E-state index contributed by atoms with van der Waals surface area (Å²) in [5.74, 6) is -0.733. The van der Waals surface area contributed by atoms with Crippen LogP contribution in [0.1, 0.15) is 25.7 Å². The summed E-state index contributed by atoms with van der Waals surface area (Å²) < 4.78 is 12.9. The van der Waals surface area contributed by atoms with E-state index in [1.807, 2.05) is 0 Å². The number of benzene rings is 1. The normalized spacial score (nSPS) is 23.7. The fourth-order valence-electron chi connectivity index (χ4n) is 2.30. The summed E-state index contributed by atoms with van der Waals surface area (Å²) in [6.07, 6.45) is 3.76. The van der Waals surface area contributed by atoms with Crippen molar-refractivity contribution in [2.24, 2.45) is 11.7 Å². The van der Waals surface area contributed by atoms with Crippen molar-refractivity contribution < 1.29 is 9.18 Å². The molecule has 1 aliphatic carbocycles. The summed E-state index contributed by atoms with van der Waals surface area (Å²) in [5.41, 5.74) is 6.37. The highest BCUT2D eigenvalue weighted by molar-refractivity contribution is 6.33. The molecule has 98 valence electrons. The summed E-state index contributed by atoms with van der Waals surface area (Å²) in [7, 11) is 0. The van der Waals surface area contributed by atoms with Crippen LogP contribution in [-0.4, -0.2) is 11.9 Å². The van der Waals surface area contributed by atoms with Crippen LogP contribution < -0.4 is 11.1 Å². The van der Waals surface area contributed by atoms with E-state index in [1.54, 1.807) is 0 Å². The van der Waals surface area contributed by atoms with E-state index in [1.165, 1.54) is 18.2 Å². The number of nitrogens with one attached hydrogen (secondary N) is 1. The average Bonchev–Trinajstić information content (AvgIpc) is 2.33. The largest absolute Gasteiger partial charge is 0.327 e. The summed E-state index contributed by atoms with van der Waals surface area (Å²) >= 11 is 5.86. The van der Waals surface area contributed by atoms with Gasteiger partial charge in [0.25, 0.3) is 0 Å². The second kappa shape index (κ2) is 5.67. The number of carbonyl (C=O) groups excluding carboxylic acids is 1. The standard InChI is InChI=1S/C13H16ClFN2O/c14-10-7-8(15)5-6-12(10)17-13(18)9-3-1-2-4-11(9)16/h5-7,9,11H,1-4,16H2,(H,17,18). The van der Waals surface area contributed by atoms with Crippen molar-refractivity contribution in [2.45, 2.75) is 31.7 Å². The zero-order chi connectivity index (χ0) is 13.1. The van der Waals surface area contributed by atoms with Crippen LogP contribution in [-0.2, 0) is 4.79 Å². The molecule has 1 fully saturated rings. The van der Waals surface area contributed by atoms with Crippen molar-refractivity contribution in [1.29, 1.82) is 0 Å². The van der Waals surface area contributed by atoms with Gasteiger partial charge in [0.1, 0.15) is 5.82 Å². The van der Waals surface area contributed by atoms with Crippen LogP contribution in [0.3, 0.4) is 0 Å². The molecule has 0 spiro atoms. The minimum atomic E-state index is -0.424. The number of halogens is 2. The first-order valence-corrected chi connectivity index (χ1v) is 6.47. The number of amides is 1. The van der Waals surface area contributed by atoms with Gasteiger partial charge >= 0.3 is 0 Å². The maximum Gasteiger partial charge on any atom is 0.229 e. The lowest BCUT2D eigenvalue weighted by Crippen LogP contribution is -2.40. The molecular formula is C13H16ClFN2O.